The number of thioether (sulfide) groups is 1. The number of imide groups is 1. The van der Waals surface area contributed by atoms with Crippen molar-refractivity contribution in [3.05, 3.63) is 60.4 Å². The molecule has 0 aliphatic carbocycles. The Hall–Kier alpha value is -2.87. The van der Waals surface area contributed by atoms with E-state index in [4.69, 9.17) is 0 Å². The van der Waals surface area contributed by atoms with Gasteiger partial charge < -0.3 is 9.80 Å². The van der Waals surface area contributed by atoms with Gasteiger partial charge in [0, 0.05) is 32.6 Å². The van der Waals surface area contributed by atoms with Gasteiger partial charge in [-0.25, -0.2) is 9.29 Å². The predicted molar refractivity (Wildman–Crippen MR) is 111 cm³/mol. The highest BCUT2D eigenvalue weighted by Gasteiger charge is 2.42. The van der Waals surface area contributed by atoms with E-state index in [-0.39, 0.29) is 29.3 Å². The summed E-state index contributed by atoms with van der Waals surface area (Å²) in [7, 11) is 0. The van der Waals surface area contributed by atoms with Crippen molar-refractivity contribution in [3.8, 4) is 0 Å². The summed E-state index contributed by atoms with van der Waals surface area (Å²) in [5.74, 6) is -0.795. The monoisotopic (exact) mass is 413 g/mol. The third kappa shape index (κ3) is 3.98. The molecule has 1 atom stereocenters. The third-order valence-electron chi connectivity index (χ3n) is 5.12. The number of halogens is 1. The van der Waals surface area contributed by atoms with Crippen molar-refractivity contribution >= 4 is 40.2 Å². The van der Waals surface area contributed by atoms with E-state index in [0.29, 0.717) is 37.6 Å². The van der Waals surface area contributed by atoms with Crippen LogP contribution in [0.25, 0.3) is 0 Å². The number of nitrogens with zero attached hydrogens (tertiary/aromatic N) is 3. The third-order valence-corrected chi connectivity index (χ3v) is 6.16. The minimum atomic E-state index is -0.709. The smallest absolute Gasteiger partial charge is 0.293 e. The zero-order valence-corrected chi connectivity index (χ0v) is 16.5. The van der Waals surface area contributed by atoms with Gasteiger partial charge in [-0.2, -0.15) is 0 Å². The predicted octanol–water partition coefficient (Wildman–Crippen LogP) is 3.13. The molecule has 2 heterocycles. The molecule has 3 amide bonds. The van der Waals surface area contributed by atoms with E-state index < -0.39 is 5.25 Å². The minimum Gasteiger partial charge on any atom is -0.366 e. The van der Waals surface area contributed by atoms with Crippen molar-refractivity contribution < 1.29 is 18.8 Å². The molecule has 2 saturated heterocycles. The standard InChI is InChI=1S/C21H20FN3O3S/c22-16-8-4-5-9-17(16)23-10-12-24(13-11-23)19(26)14-18-20(27)25(21(28)29-18)15-6-2-1-3-7-15/h1-9,18H,10-14H2/t18-/m0/s1. The van der Waals surface area contributed by atoms with Crippen LogP contribution in [-0.4, -0.2) is 53.4 Å². The van der Waals surface area contributed by atoms with Crippen LogP contribution in [0.15, 0.2) is 54.6 Å². The molecule has 6 nitrogen and oxygen atoms in total. The number of benzene rings is 2. The molecule has 2 aliphatic heterocycles. The van der Waals surface area contributed by atoms with Crippen LogP contribution in [-0.2, 0) is 9.59 Å². The van der Waals surface area contributed by atoms with Gasteiger partial charge in [0.2, 0.25) is 11.8 Å². The van der Waals surface area contributed by atoms with Gasteiger partial charge in [0.25, 0.3) is 5.24 Å². The van der Waals surface area contributed by atoms with Gasteiger partial charge >= 0.3 is 0 Å². The molecule has 0 unspecified atom stereocenters. The first-order chi connectivity index (χ1) is 14.0. The summed E-state index contributed by atoms with van der Waals surface area (Å²) in [6, 6.07) is 15.3. The van der Waals surface area contributed by atoms with Gasteiger partial charge in [0.15, 0.2) is 0 Å². The maximum Gasteiger partial charge on any atom is 0.293 e. The summed E-state index contributed by atoms with van der Waals surface area (Å²) in [4.78, 5) is 42.4. The van der Waals surface area contributed by atoms with E-state index in [1.54, 1.807) is 47.4 Å². The van der Waals surface area contributed by atoms with Crippen LogP contribution >= 0.6 is 11.8 Å². The summed E-state index contributed by atoms with van der Waals surface area (Å²) in [5, 5.41) is -1.07. The summed E-state index contributed by atoms with van der Waals surface area (Å²) < 4.78 is 14.0. The summed E-state index contributed by atoms with van der Waals surface area (Å²) >= 11 is 0.898. The van der Waals surface area contributed by atoms with Crippen LogP contribution in [0.4, 0.5) is 20.6 Å². The first-order valence-corrected chi connectivity index (χ1v) is 10.3. The quantitative estimate of drug-likeness (QED) is 0.771. The van der Waals surface area contributed by atoms with Crippen LogP contribution in [0, 0.1) is 5.82 Å². The Morgan fingerprint density at radius 2 is 1.62 bits per heavy atom. The van der Waals surface area contributed by atoms with Crippen LogP contribution in [0.5, 0.6) is 0 Å². The fourth-order valence-electron chi connectivity index (χ4n) is 3.59. The van der Waals surface area contributed by atoms with Crippen molar-refractivity contribution in [2.24, 2.45) is 0 Å². The number of amides is 3. The van der Waals surface area contributed by atoms with E-state index in [2.05, 4.69) is 0 Å². The average molecular weight is 413 g/mol. The first kappa shape index (κ1) is 19.4. The fraction of sp³-hybridized carbons (Fsp3) is 0.286. The summed E-state index contributed by atoms with van der Waals surface area (Å²) in [6.45, 7) is 1.95. The van der Waals surface area contributed by atoms with Crippen LogP contribution in [0.2, 0.25) is 0 Å². The molecule has 8 heteroatoms. The number of piperazine rings is 1. The van der Waals surface area contributed by atoms with E-state index >= 15 is 0 Å². The highest BCUT2D eigenvalue weighted by Crippen LogP contribution is 2.33. The normalized spacial score (nSPS) is 19.8. The van der Waals surface area contributed by atoms with Crippen LogP contribution in [0.3, 0.4) is 0 Å². The van der Waals surface area contributed by atoms with E-state index in [9.17, 15) is 18.8 Å². The Labute approximate surface area is 172 Å². The van der Waals surface area contributed by atoms with Crippen LogP contribution < -0.4 is 9.80 Å². The van der Waals surface area contributed by atoms with Gasteiger partial charge in [0.05, 0.1) is 11.4 Å². The maximum atomic E-state index is 14.0. The first-order valence-electron chi connectivity index (χ1n) is 9.41. The van der Waals surface area contributed by atoms with Crippen molar-refractivity contribution in [2.75, 3.05) is 36.0 Å². The molecular weight excluding hydrogens is 393 g/mol. The molecule has 2 aliphatic rings. The summed E-state index contributed by atoms with van der Waals surface area (Å²) in [5.41, 5.74) is 1.05. The minimum absolute atomic E-state index is 0.0156. The Bertz CT molecular complexity index is 932. The fourth-order valence-corrected chi connectivity index (χ4v) is 4.57. The molecule has 150 valence electrons. The lowest BCUT2D eigenvalue weighted by Gasteiger charge is -2.36. The zero-order chi connectivity index (χ0) is 20.4. The highest BCUT2D eigenvalue weighted by molar-refractivity contribution is 8.15. The molecule has 2 aromatic rings. The number of para-hydroxylation sites is 2. The Balaban J connectivity index is 1.35. The van der Waals surface area contributed by atoms with E-state index in [1.807, 2.05) is 11.0 Å². The lowest BCUT2D eigenvalue weighted by Crippen LogP contribution is -2.49. The number of carbonyl (C=O) groups is 3. The van der Waals surface area contributed by atoms with Crippen molar-refractivity contribution in [1.29, 1.82) is 0 Å². The number of rotatable bonds is 4. The van der Waals surface area contributed by atoms with E-state index in [1.165, 1.54) is 6.07 Å². The Kier molecular flexibility index (Phi) is 5.53. The number of anilines is 2. The molecule has 0 spiro atoms. The van der Waals surface area contributed by atoms with Gasteiger partial charge in [-0.3, -0.25) is 14.4 Å². The second-order valence-electron chi connectivity index (χ2n) is 6.90. The second-order valence-corrected chi connectivity index (χ2v) is 8.06. The molecule has 0 saturated carbocycles. The molecule has 4 rings (SSSR count). The molecule has 2 aromatic carbocycles. The molecule has 0 aromatic heterocycles. The zero-order valence-electron chi connectivity index (χ0n) is 15.7. The molecule has 0 N–H and O–H groups in total. The number of hydrogen-bond donors (Lipinski definition) is 0. The van der Waals surface area contributed by atoms with Crippen LogP contribution in [0.1, 0.15) is 6.42 Å². The van der Waals surface area contributed by atoms with Crippen molar-refractivity contribution in [2.45, 2.75) is 11.7 Å². The van der Waals surface area contributed by atoms with Crippen molar-refractivity contribution in [3.63, 3.8) is 0 Å². The average Bonchev–Trinajstić information content (AvgIpc) is 3.02. The number of hydrogen-bond acceptors (Lipinski definition) is 5. The van der Waals surface area contributed by atoms with Gasteiger partial charge in [0.1, 0.15) is 11.1 Å². The SMILES string of the molecule is O=C(C[C@@H]1SC(=O)N(c2ccccc2)C1=O)N1CCN(c2ccccc2F)CC1. The largest absolute Gasteiger partial charge is 0.366 e. The molecule has 0 bridgehead atoms. The van der Waals surface area contributed by atoms with Gasteiger partial charge in [-0.15, -0.1) is 0 Å². The second kappa shape index (κ2) is 8.24. The molecule has 29 heavy (non-hydrogen) atoms. The topological polar surface area (TPSA) is 60.9 Å². The molecule has 0 radical (unpaired) electrons. The van der Waals surface area contributed by atoms with Gasteiger partial charge in [-0.05, 0) is 36.0 Å². The molecule has 2 fully saturated rings. The lowest BCUT2D eigenvalue weighted by molar-refractivity contribution is -0.133. The Morgan fingerprint density at radius 1 is 0.966 bits per heavy atom. The maximum absolute atomic E-state index is 14.0. The van der Waals surface area contributed by atoms with Crippen molar-refractivity contribution in [1.82, 2.24) is 4.90 Å². The Morgan fingerprint density at radius 3 is 2.31 bits per heavy atom. The van der Waals surface area contributed by atoms with E-state index in [0.717, 1.165) is 16.7 Å². The highest BCUT2D eigenvalue weighted by atomic mass is 32.2. The van der Waals surface area contributed by atoms with Gasteiger partial charge in [-0.1, -0.05) is 30.3 Å². The molecular formula is C21H20FN3O3S. The summed E-state index contributed by atoms with van der Waals surface area (Å²) in [6.07, 6.45) is -0.0156. The lowest BCUT2D eigenvalue weighted by atomic mass is 10.2. The number of carbonyl (C=O) groups excluding carboxylic acids is 3.